The molecule has 0 spiro atoms. The lowest BCUT2D eigenvalue weighted by Crippen LogP contribution is -2.53. The summed E-state index contributed by atoms with van der Waals surface area (Å²) in [6.45, 7) is 3.51. The molecule has 0 radical (unpaired) electrons. The Balaban J connectivity index is 2.90. The van der Waals surface area contributed by atoms with Gasteiger partial charge in [0.25, 0.3) is 0 Å². The number of hydrogen-bond donors (Lipinski definition) is 1. The largest absolute Gasteiger partial charge is 0.394 e. The summed E-state index contributed by atoms with van der Waals surface area (Å²) in [6, 6.07) is 2.22. The van der Waals surface area contributed by atoms with Gasteiger partial charge in [0.2, 0.25) is 5.91 Å². The number of carbonyl (C=O) groups is 1. The summed E-state index contributed by atoms with van der Waals surface area (Å²) >= 11 is 0. The molecule has 0 unspecified atom stereocenters. The normalized spacial score (nSPS) is 19.5. The fraction of sp³-hybridized carbons (Fsp3) is 0.846. The first-order valence-corrected chi connectivity index (χ1v) is 6.20. The van der Waals surface area contributed by atoms with E-state index in [4.69, 9.17) is 0 Å². The molecule has 1 aliphatic carbocycles. The Hall–Kier alpha value is -1.08. The molecule has 0 aromatic heterocycles. The number of amides is 1. The first-order chi connectivity index (χ1) is 7.89. The van der Waals surface area contributed by atoms with Gasteiger partial charge < -0.3 is 10.0 Å². The first kappa shape index (κ1) is 14.0. The van der Waals surface area contributed by atoms with Gasteiger partial charge in [-0.15, -0.1) is 0 Å². The highest BCUT2D eigenvalue weighted by molar-refractivity contribution is 5.86. The number of nitriles is 1. The highest BCUT2D eigenvalue weighted by Gasteiger charge is 2.44. The Morgan fingerprint density at radius 2 is 1.94 bits per heavy atom. The maximum absolute atomic E-state index is 12.4. The van der Waals surface area contributed by atoms with Gasteiger partial charge in [-0.25, -0.2) is 0 Å². The molecule has 0 saturated heterocycles. The summed E-state index contributed by atoms with van der Waals surface area (Å²) in [5.41, 5.74) is -1.47. The van der Waals surface area contributed by atoms with E-state index in [9.17, 15) is 15.2 Å². The van der Waals surface area contributed by atoms with Crippen LogP contribution in [0.3, 0.4) is 0 Å². The fourth-order valence-electron chi connectivity index (χ4n) is 2.23. The van der Waals surface area contributed by atoms with E-state index in [0.29, 0.717) is 12.8 Å². The molecule has 0 aromatic carbocycles. The zero-order valence-electron chi connectivity index (χ0n) is 11.0. The van der Waals surface area contributed by atoms with Crippen molar-refractivity contribution in [3.05, 3.63) is 0 Å². The van der Waals surface area contributed by atoms with Crippen LogP contribution in [0.2, 0.25) is 0 Å². The standard InChI is InChI=1S/C13H22N2O2/c1-12(2,10-16)15(3)11(17)13(9-14)7-5-4-6-8-13/h16H,4-8,10H2,1-3H3. The smallest absolute Gasteiger partial charge is 0.243 e. The zero-order chi connectivity index (χ0) is 13.1. The molecular formula is C13H22N2O2. The van der Waals surface area contributed by atoms with E-state index >= 15 is 0 Å². The van der Waals surface area contributed by atoms with Gasteiger partial charge in [-0.2, -0.15) is 5.26 Å². The monoisotopic (exact) mass is 238 g/mol. The molecule has 0 aliphatic heterocycles. The van der Waals surface area contributed by atoms with Crippen LogP contribution in [0.1, 0.15) is 46.0 Å². The van der Waals surface area contributed by atoms with Gasteiger partial charge in [0.1, 0.15) is 5.41 Å². The van der Waals surface area contributed by atoms with E-state index in [2.05, 4.69) is 6.07 Å². The second-order valence-electron chi connectivity index (χ2n) is 5.59. The number of hydrogen-bond acceptors (Lipinski definition) is 3. The van der Waals surface area contributed by atoms with Gasteiger partial charge in [0.05, 0.1) is 18.2 Å². The Kier molecular flexibility index (Phi) is 4.16. The molecule has 0 aromatic rings. The molecule has 1 N–H and O–H groups in total. The molecular weight excluding hydrogens is 216 g/mol. The molecule has 1 fully saturated rings. The molecule has 0 heterocycles. The summed E-state index contributed by atoms with van der Waals surface area (Å²) in [5, 5.41) is 18.6. The summed E-state index contributed by atoms with van der Waals surface area (Å²) < 4.78 is 0. The van der Waals surface area contributed by atoms with Crippen LogP contribution in [0, 0.1) is 16.7 Å². The van der Waals surface area contributed by atoms with E-state index in [1.54, 1.807) is 20.9 Å². The van der Waals surface area contributed by atoms with Crippen molar-refractivity contribution >= 4 is 5.91 Å². The van der Waals surface area contributed by atoms with Gasteiger partial charge in [-0.05, 0) is 26.7 Å². The molecule has 96 valence electrons. The first-order valence-electron chi connectivity index (χ1n) is 6.20. The maximum Gasteiger partial charge on any atom is 0.243 e. The van der Waals surface area contributed by atoms with Crippen molar-refractivity contribution in [1.29, 1.82) is 5.26 Å². The number of rotatable bonds is 3. The van der Waals surface area contributed by atoms with Crippen molar-refractivity contribution in [1.82, 2.24) is 4.90 Å². The Morgan fingerprint density at radius 3 is 2.35 bits per heavy atom. The molecule has 0 atom stereocenters. The predicted molar refractivity (Wildman–Crippen MR) is 65.1 cm³/mol. The molecule has 1 rings (SSSR count). The SMILES string of the molecule is CN(C(=O)C1(C#N)CCCCC1)C(C)(C)CO. The minimum absolute atomic E-state index is 0.100. The molecule has 1 amide bonds. The van der Waals surface area contributed by atoms with Crippen molar-refractivity contribution in [2.45, 2.75) is 51.5 Å². The molecule has 17 heavy (non-hydrogen) atoms. The summed E-state index contributed by atoms with van der Waals surface area (Å²) in [6.07, 6.45) is 4.27. The molecule has 4 nitrogen and oxygen atoms in total. The minimum Gasteiger partial charge on any atom is -0.394 e. The lowest BCUT2D eigenvalue weighted by molar-refractivity contribution is -0.145. The van der Waals surface area contributed by atoms with E-state index in [0.717, 1.165) is 19.3 Å². The Labute approximate surface area is 103 Å². The van der Waals surface area contributed by atoms with Crippen LogP contribution >= 0.6 is 0 Å². The summed E-state index contributed by atoms with van der Waals surface area (Å²) in [7, 11) is 1.67. The van der Waals surface area contributed by atoms with Crippen LogP contribution in [0.25, 0.3) is 0 Å². The molecule has 0 bridgehead atoms. The Morgan fingerprint density at radius 1 is 1.41 bits per heavy atom. The third-order valence-corrected chi connectivity index (χ3v) is 3.93. The number of likely N-dealkylation sites (N-methyl/N-ethyl adjacent to an activating group) is 1. The van der Waals surface area contributed by atoms with Crippen LogP contribution < -0.4 is 0 Å². The van der Waals surface area contributed by atoms with Gasteiger partial charge in [-0.3, -0.25) is 4.79 Å². The van der Waals surface area contributed by atoms with Gasteiger partial charge in [-0.1, -0.05) is 19.3 Å². The van der Waals surface area contributed by atoms with Gasteiger partial charge in [0, 0.05) is 7.05 Å². The number of aliphatic hydroxyl groups is 1. The van der Waals surface area contributed by atoms with E-state index in [1.807, 2.05) is 0 Å². The minimum atomic E-state index is -0.862. The van der Waals surface area contributed by atoms with E-state index in [-0.39, 0.29) is 12.5 Å². The summed E-state index contributed by atoms with van der Waals surface area (Å²) in [5.74, 6) is -0.140. The van der Waals surface area contributed by atoms with Crippen molar-refractivity contribution in [3.8, 4) is 6.07 Å². The van der Waals surface area contributed by atoms with Crippen LogP contribution in [-0.2, 0) is 4.79 Å². The molecule has 1 saturated carbocycles. The maximum atomic E-state index is 12.4. The highest BCUT2D eigenvalue weighted by atomic mass is 16.3. The second-order valence-corrected chi connectivity index (χ2v) is 5.59. The van der Waals surface area contributed by atoms with E-state index in [1.165, 1.54) is 4.90 Å². The number of aliphatic hydroxyl groups excluding tert-OH is 1. The summed E-state index contributed by atoms with van der Waals surface area (Å²) in [4.78, 5) is 14.0. The molecule has 4 heteroatoms. The highest BCUT2D eigenvalue weighted by Crippen LogP contribution is 2.38. The van der Waals surface area contributed by atoms with Crippen LogP contribution in [0.4, 0.5) is 0 Å². The van der Waals surface area contributed by atoms with Crippen molar-refractivity contribution in [2.24, 2.45) is 5.41 Å². The second kappa shape index (κ2) is 5.05. The van der Waals surface area contributed by atoms with Gasteiger partial charge >= 0.3 is 0 Å². The predicted octanol–water partition coefficient (Wildman–Crippen LogP) is 1.69. The fourth-order valence-corrected chi connectivity index (χ4v) is 2.23. The van der Waals surface area contributed by atoms with Crippen LogP contribution in [-0.4, -0.2) is 35.1 Å². The quantitative estimate of drug-likeness (QED) is 0.813. The topological polar surface area (TPSA) is 64.3 Å². The van der Waals surface area contributed by atoms with Gasteiger partial charge in [0.15, 0.2) is 0 Å². The third-order valence-electron chi connectivity index (χ3n) is 3.93. The third kappa shape index (κ3) is 2.61. The number of nitrogens with zero attached hydrogens (tertiary/aromatic N) is 2. The van der Waals surface area contributed by atoms with Crippen molar-refractivity contribution < 1.29 is 9.90 Å². The molecule has 1 aliphatic rings. The lowest BCUT2D eigenvalue weighted by Gasteiger charge is -2.40. The lowest BCUT2D eigenvalue weighted by atomic mass is 9.73. The average molecular weight is 238 g/mol. The average Bonchev–Trinajstić information content (AvgIpc) is 2.37. The van der Waals surface area contributed by atoms with Crippen LogP contribution in [0.15, 0.2) is 0 Å². The van der Waals surface area contributed by atoms with Crippen molar-refractivity contribution in [3.63, 3.8) is 0 Å². The zero-order valence-corrected chi connectivity index (χ0v) is 11.0. The Bertz CT molecular complexity index is 325. The van der Waals surface area contributed by atoms with E-state index < -0.39 is 11.0 Å². The van der Waals surface area contributed by atoms with Crippen LogP contribution in [0.5, 0.6) is 0 Å². The number of carbonyl (C=O) groups excluding carboxylic acids is 1. The van der Waals surface area contributed by atoms with Crippen molar-refractivity contribution in [2.75, 3.05) is 13.7 Å².